The van der Waals surface area contributed by atoms with Crippen LogP contribution in [0.2, 0.25) is 0 Å². The Hall–Kier alpha value is -1.01. The van der Waals surface area contributed by atoms with Crippen LogP contribution in [0.4, 0.5) is 9.18 Å². The van der Waals surface area contributed by atoms with Gasteiger partial charge >= 0.3 is 6.09 Å². The molecule has 0 aromatic heterocycles. The van der Waals surface area contributed by atoms with Crippen LogP contribution in [0, 0.1) is 5.82 Å². The van der Waals surface area contributed by atoms with Gasteiger partial charge in [0.05, 0.1) is 23.1 Å². The van der Waals surface area contributed by atoms with Crippen molar-refractivity contribution in [2.75, 3.05) is 26.8 Å². The molecule has 0 unspecified atom stereocenters. The number of carbonyl (C=O) groups is 1. The highest BCUT2D eigenvalue weighted by atomic mass is 79.9. The van der Waals surface area contributed by atoms with Crippen molar-refractivity contribution in [3.63, 3.8) is 0 Å². The molecule has 0 N–H and O–H groups in total. The predicted octanol–water partition coefficient (Wildman–Crippen LogP) is 4.28. The van der Waals surface area contributed by atoms with E-state index in [1.54, 1.807) is 17.9 Å². The van der Waals surface area contributed by atoms with E-state index in [-0.39, 0.29) is 11.8 Å². The first-order valence-corrected chi connectivity index (χ1v) is 8.22. The number of rotatable bonds is 3. The minimum Gasteiger partial charge on any atom is -0.492 e. The van der Waals surface area contributed by atoms with E-state index in [9.17, 15) is 9.18 Å². The minimum absolute atomic E-state index is 0.160. The molecule has 0 saturated carbocycles. The molecule has 0 bridgehead atoms. The molecule has 122 valence electrons. The number of ether oxygens (including phenoxy) is 2. The average molecular weight is 395 g/mol. The number of hydrogen-bond donors (Lipinski definition) is 0. The van der Waals surface area contributed by atoms with Gasteiger partial charge in [-0.1, -0.05) is 0 Å². The van der Waals surface area contributed by atoms with Crippen molar-refractivity contribution < 1.29 is 18.7 Å². The molecule has 7 heteroatoms. The van der Waals surface area contributed by atoms with Crippen LogP contribution in [-0.4, -0.2) is 37.8 Å². The van der Waals surface area contributed by atoms with E-state index < -0.39 is 10.7 Å². The second-order valence-corrected chi connectivity index (χ2v) is 6.70. The Morgan fingerprint density at radius 2 is 2.09 bits per heavy atom. The summed E-state index contributed by atoms with van der Waals surface area (Å²) in [5, 5.41) is 0. The number of benzene rings is 1. The fourth-order valence-corrected chi connectivity index (χ4v) is 3.44. The molecule has 2 rings (SSSR count). The summed E-state index contributed by atoms with van der Waals surface area (Å²) < 4.78 is 24.5. The Morgan fingerprint density at radius 1 is 1.45 bits per heavy atom. The zero-order valence-corrected chi connectivity index (χ0v) is 14.8. The van der Waals surface area contributed by atoms with Crippen LogP contribution in [0.15, 0.2) is 16.6 Å². The molecule has 0 radical (unpaired) electrons. The van der Waals surface area contributed by atoms with Gasteiger partial charge < -0.3 is 14.4 Å². The molecular weight excluding hydrogens is 377 g/mol. The summed E-state index contributed by atoms with van der Waals surface area (Å²) in [4.78, 5) is 12.6. The highest BCUT2D eigenvalue weighted by Gasteiger charge is 2.37. The van der Waals surface area contributed by atoms with Crippen molar-refractivity contribution >= 4 is 33.6 Å². The fourth-order valence-electron chi connectivity index (χ4n) is 2.56. The first kappa shape index (κ1) is 17.3. The van der Waals surface area contributed by atoms with Gasteiger partial charge in [-0.15, -0.1) is 11.6 Å². The van der Waals surface area contributed by atoms with E-state index in [4.69, 9.17) is 21.1 Å². The lowest BCUT2D eigenvalue weighted by atomic mass is 9.88. The Morgan fingerprint density at radius 3 is 2.59 bits per heavy atom. The van der Waals surface area contributed by atoms with Gasteiger partial charge in [-0.25, -0.2) is 9.18 Å². The lowest BCUT2D eigenvalue weighted by Gasteiger charge is -2.37. The second-order valence-electron chi connectivity index (χ2n) is 5.12. The van der Waals surface area contributed by atoms with Gasteiger partial charge in [0.15, 0.2) is 11.6 Å². The molecule has 1 aliphatic heterocycles. The van der Waals surface area contributed by atoms with E-state index >= 15 is 0 Å². The number of alkyl halides is 1. The summed E-state index contributed by atoms with van der Waals surface area (Å²) in [5.41, 5.74) is 0.683. The van der Waals surface area contributed by atoms with Crippen LogP contribution >= 0.6 is 27.5 Å². The van der Waals surface area contributed by atoms with Gasteiger partial charge in [-0.2, -0.15) is 0 Å². The topological polar surface area (TPSA) is 38.8 Å². The third-order valence-corrected chi connectivity index (χ3v) is 4.99. The van der Waals surface area contributed by atoms with Gasteiger partial charge in [-0.3, -0.25) is 0 Å². The van der Waals surface area contributed by atoms with Crippen LogP contribution in [0.5, 0.6) is 5.75 Å². The summed E-state index contributed by atoms with van der Waals surface area (Å²) in [6.07, 6.45) is 0.736. The van der Waals surface area contributed by atoms with Crippen LogP contribution in [-0.2, 0) is 9.61 Å². The van der Waals surface area contributed by atoms with E-state index in [1.807, 2.05) is 0 Å². The smallest absolute Gasteiger partial charge is 0.409 e. The first-order valence-electron chi connectivity index (χ1n) is 7.05. The highest BCUT2D eigenvalue weighted by Crippen LogP contribution is 2.42. The molecule has 1 aromatic carbocycles. The van der Waals surface area contributed by atoms with Gasteiger partial charge in [0.25, 0.3) is 0 Å². The van der Waals surface area contributed by atoms with E-state index in [0.717, 1.165) is 0 Å². The van der Waals surface area contributed by atoms with Crippen LogP contribution in [0.1, 0.15) is 25.3 Å². The summed E-state index contributed by atoms with van der Waals surface area (Å²) in [5.74, 6) is -0.298. The summed E-state index contributed by atoms with van der Waals surface area (Å²) in [6, 6.07) is 3.17. The van der Waals surface area contributed by atoms with Crippen molar-refractivity contribution in [2.45, 2.75) is 24.6 Å². The van der Waals surface area contributed by atoms with Gasteiger partial charge in [0.2, 0.25) is 0 Å². The van der Waals surface area contributed by atoms with Crippen molar-refractivity contribution in [2.24, 2.45) is 0 Å². The Kier molecular flexibility index (Phi) is 5.55. The molecule has 1 heterocycles. The zero-order valence-electron chi connectivity index (χ0n) is 12.5. The van der Waals surface area contributed by atoms with E-state index in [1.165, 1.54) is 13.2 Å². The molecule has 4 nitrogen and oxygen atoms in total. The molecule has 0 spiro atoms. The molecular formula is C15H18BrClFNO3. The quantitative estimate of drug-likeness (QED) is 0.718. The molecule has 0 aliphatic carbocycles. The third kappa shape index (κ3) is 3.49. The van der Waals surface area contributed by atoms with Crippen molar-refractivity contribution in [1.29, 1.82) is 0 Å². The van der Waals surface area contributed by atoms with Gasteiger partial charge in [-0.05, 0) is 53.4 Å². The molecule has 1 aliphatic rings. The number of piperidine rings is 1. The molecule has 0 atom stereocenters. The number of likely N-dealkylation sites (tertiary alicyclic amines) is 1. The SMILES string of the molecule is CCOC(=O)N1CCC(Cl)(c2cc(F)c(OC)c(Br)c2)CC1. The van der Waals surface area contributed by atoms with Crippen molar-refractivity contribution in [3.8, 4) is 5.75 Å². The fraction of sp³-hybridized carbons (Fsp3) is 0.533. The summed E-state index contributed by atoms with van der Waals surface area (Å²) in [7, 11) is 1.41. The predicted molar refractivity (Wildman–Crippen MR) is 86.0 cm³/mol. The maximum absolute atomic E-state index is 14.0. The van der Waals surface area contributed by atoms with Crippen LogP contribution < -0.4 is 4.74 Å². The maximum atomic E-state index is 14.0. The Balaban J connectivity index is 2.15. The molecule has 22 heavy (non-hydrogen) atoms. The molecule has 1 fully saturated rings. The molecule has 1 aromatic rings. The summed E-state index contributed by atoms with van der Waals surface area (Å²) >= 11 is 9.98. The first-order chi connectivity index (χ1) is 10.4. The standard InChI is InChI=1S/C15H18BrClFNO3/c1-3-22-14(20)19-6-4-15(17,5-7-19)10-8-11(16)13(21-2)12(18)9-10/h8-9H,3-7H2,1-2H3. The number of carbonyl (C=O) groups excluding carboxylic acids is 1. The van der Waals surface area contributed by atoms with Crippen LogP contribution in [0.3, 0.4) is 0 Å². The minimum atomic E-state index is -0.696. The number of hydrogen-bond acceptors (Lipinski definition) is 3. The maximum Gasteiger partial charge on any atom is 0.409 e. The Bertz CT molecular complexity index is 539. The number of amides is 1. The number of nitrogens with zero attached hydrogens (tertiary/aromatic N) is 1. The lowest BCUT2D eigenvalue weighted by Crippen LogP contribution is -2.43. The molecule has 1 amide bonds. The number of halogens is 3. The largest absolute Gasteiger partial charge is 0.492 e. The average Bonchev–Trinajstić information content (AvgIpc) is 2.48. The number of methoxy groups -OCH3 is 1. The normalized spacial score (nSPS) is 17.2. The van der Waals surface area contributed by atoms with E-state index in [0.29, 0.717) is 42.6 Å². The van der Waals surface area contributed by atoms with Gasteiger partial charge in [0, 0.05) is 13.1 Å². The lowest BCUT2D eigenvalue weighted by molar-refractivity contribution is 0.0943. The van der Waals surface area contributed by atoms with Crippen molar-refractivity contribution in [3.05, 3.63) is 28.0 Å². The van der Waals surface area contributed by atoms with Crippen molar-refractivity contribution in [1.82, 2.24) is 4.90 Å². The zero-order chi connectivity index (χ0) is 16.3. The van der Waals surface area contributed by atoms with Crippen LogP contribution in [0.25, 0.3) is 0 Å². The monoisotopic (exact) mass is 393 g/mol. The second kappa shape index (κ2) is 7.04. The van der Waals surface area contributed by atoms with Gasteiger partial charge in [0.1, 0.15) is 0 Å². The Labute approximate surface area is 142 Å². The third-order valence-electron chi connectivity index (χ3n) is 3.80. The van der Waals surface area contributed by atoms with E-state index in [2.05, 4.69) is 15.9 Å². The molecule has 1 saturated heterocycles. The highest BCUT2D eigenvalue weighted by molar-refractivity contribution is 9.10. The summed E-state index contributed by atoms with van der Waals surface area (Å²) in [6.45, 7) is 3.07.